The Kier molecular flexibility index (Phi) is 8.80. The Balaban J connectivity index is 2.15. The van der Waals surface area contributed by atoms with Crippen molar-refractivity contribution in [3.05, 3.63) is 89.5 Å². The molecular weight excluding hydrogens is 496 g/mol. The van der Waals surface area contributed by atoms with E-state index in [1.165, 1.54) is 18.2 Å². The van der Waals surface area contributed by atoms with Gasteiger partial charge in [0.1, 0.15) is 23.2 Å². The standard InChI is InChI=1S/C27H28N2O7S/c1-3-28(17-25(30)31)22-12-8-19(9-13-22)27(21-6-5-7-24(16-21)37(34,35)36)20-10-14-23(15-11-20)29(4-2)18-26(32)33/h5-16H,3-4,17-18H2,1-2H3,(H2-,30,31,32,33,34,35,36). The van der Waals surface area contributed by atoms with Gasteiger partial charge >= 0.3 is 11.9 Å². The fraction of sp³-hybridized carbons (Fsp3) is 0.222. The van der Waals surface area contributed by atoms with Crippen LogP contribution in [-0.4, -0.2) is 71.6 Å². The van der Waals surface area contributed by atoms with Crippen molar-refractivity contribution >= 4 is 39.0 Å². The molecule has 10 heteroatoms. The fourth-order valence-corrected chi connectivity index (χ4v) is 4.60. The van der Waals surface area contributed by atoms with Crippen LogP contribution in [0.5, 0.6) is 0 Å². The highest BCUT2D eigenvalue weighted by Gasteiger charge is 2.18. The van der Waals surface area contributed by atoms with E-state index in [2.05, 4.69) is 0 Å². The summed E-state index contributed by atoms with van der Waals surface area (Å²) in [6, 6.07) is 13.0. The molecule has 2 N–H and O–H groups in total. The van der Waals surface area contributed by atoms with Gasteiger partial charge in [-0.15, -0.1) is 0 Å². The van der Waals surface area contributed by atoms with Gasteiger partial charge in [0.25, 0.3) is 0 Å². The van der Waals surface area contributed by atoms with E-state index in [0.29, 0.717) is 35.6 Å². The van der Waals surface area contributed by atoms with Crippen LogP contribution < -0.4 is 4.90 Å². The summed E-state index contributed by atoms with van der Waals surface area (Å²) in [6.45, 7) is 4.40. The van der Waals surface area contributed by atoms with Gasteiger partial charge in [0.05, 0.1) is 4.90 Å². The second-order valence-electron chi connectivity index (χ2n) is 8.27. The Morgan fingerprint density at radius 3 is 2.08 bits per heavy atom. The molecule has 0 amide bonds. The van der Waals surface area contributed by atoms with E-state index in [4.69, 9.17) is 0 Å². The van der Waals surface area contributed by atoms with Crippen molar-refractivity contribution in [3.8, 4) is 0 Å². The molecule has 0 fully saturated rings. The highest BCUT2D eigenvalue weighted by molar-refractivity contribution is 7.85. The monoisotopic (exact) mass is 524 g/mol. The van der Waals surface area contributed by atoms with Crippen LogP contribution in [-0.2, 0) is 19.7 Å². The van der Waals surface area contributed by atoms with E-state index >= 15 is 0 Å². The van der Waals surface area contributed by atoms with E-state index in [-0.39, 0.29) is 18.0 Å². The van der Waals surface area contributed by atoms with Crippen LogP contribution in [0.3, 0.4) is 0 Å². The zero-order valence-electron chi connectivity index (χ0n) is 20.5. The summed E-state index contributed by atoms with van der Waals surface area (Å²) in [4.78, 5) is 23.7. The minimum absolute atomic E-state index is 0.151. The van der Waals surface area contributed by atoms with Crippen molar-refractivity contribution in [1.29, 1.82) is 0 Å². The van der Waals surface area contributed by atoms with Crippen molar-refractivity contribution in [2.75, 3.05) is 31.1 Å². The highest BCUT2D eigenvalue weighted by atomic mass is 32.2. The van der Waals surface area contributed by atoms with E-state index in [1.807, 2.05) is 38.1 Å². The summed E-state index contributed by atoms with van der Waals surface area (Å²) in [6.07, 6.45) is 7.19. The number of rotatable bonds is 10. The number of aliphatic carboxylic acids is 2. The number of carbonyl (C=O) groups is 2. The molecule has 194 valence electrons. The van der Waals surface area contributed by atoms with E-state index in [0.717, 1.165) is 11.1 Å². The second-order valence-corrected chi connectivity index (χ2v) is 9.65. The molecule has 0 spiro atoms. The zero-order chi connectivity index (χ0) is 27.2. The van der Waals surface area contributed by atoms with Crippen molar-refractivity contribution < 1.29 is 37.3 Å². The molecule has 9 nitrogen and oxygen atoms in total. The molecule has 3 rings (SSSR count). The quantitative estimate of drug-likeness (QED) is 0.357. The molecule has 0 radical (unpaired) electrons. The third-order valence-corrected chi connectivity index (χ3v) is 6.70. The maximum atomic E-state index is 11.7. The van der Waals surface area contributed by atoms with Gasteiger partial charge in [-0.2, -0.15) is 0 Å². The van der Waals surface area contributed by atoms with Crippen LogP contribution in [0.1, 0.15) is 25.0 Å². The molecule has 0 unspecified atom stereocenters. The van der Waals surface area contributed by atoms with Gasteiger partial charge in [-0.3, -0.25) is 4.79 Å². The molecule has 0 saturated heterocycles. The molecule has 0 saturated carbocycles. The molecule has 37 heavy (non-hydrogen) atoms. The number of carboxylic acid groups (broad SMARTS) is 2. The Hall–Kier alpha value is -4.02. The first-order valence-electron chi connectivity index (χ1n) is 11.6. The van der Waals surface area contributed by atoms with Crippen molar-refractivity contribution in [2.24, 2.45) is 0 Å². The van der Waals surface area contributed by atoms with Gasteiger partial charge in [0.15, 0.2) is 5.71 Å². The van der Waals surface area contributed by atoms with E-state index in [1.54, 1.807) is 39.8 Å². The van der Waals surface area contributed by atoms with E-state index in [9.17, 15) is 32.8 Å². The first-order valence-corrected chi connectivity index (χ1v) is 13.0. The molecular formula is C27H28N2O7S. The fourth-order valence-electron chi connectivity index (χ4n) is 4.08. The first-order chi connectivity index (χ1) is 17.5. The zero-order valence-corrected chi connectivity index (χ0v) is 21.3. The molecule has 0 aromatic heterocycles. The Bertz CT molecular complexity index is 1400. The SMILES string of the molecule is CCN(CC(=O)O)c1ccc(C(=C2C=CC(=[N+](CC)CC(=O)O)C=C2)c2cccc(S(=O)(=O)[O-])c2)cc1. The molecule has 2 aromatic rings. The molecule has 0 bridgehead atoms. The molecule has 0 heterocycles. The molecule has 0 aliphatic heterocycles. The van der Waals surface area contributed by atoms with E-state index < -0.39 is 22.1 Å². The van der Waals surface area contributed by atoms with Gasteiger partial charge in [0.2, 0.25) is 6.54 Å². The number of nitrogens with zero attached hydrogens (tertiary/aromatic N) is 2. The predicted molar refractivity (Wildman–Crippen MR) is 139 cm³/mol. The number of hydrogen-bond donors (Lipinski definition) is 2. The minimum atomic E-state index is -4.68. The lowest BCUT2D eigenvalue weighted by molar-refractivity contribution is -0.513. The van der Waals surface area contributed by atoms with Crippen LogP contribution in [0.15, 0.2) is 83.3 Å². The van der Waals surface area contributed by atoms with Crippen LogP contribution in [0, 0.1) is 0 Å². The average Bonchev–Trinajstić information content (AvgIpc) is 2.86. The number of likely N-dealkylation sites (N-methyl/N-ethyl adjacent to an activating group) is 2. The number of carboxylic acids is 2. The lowest BCUT2D eigenvalue weighted by atomic mass is 9.90. The maximum Gasteiger partial charge on any atom is 0.369 e. The lowest BCUT2D eigenvalue weighted by Crippen LogP contribution is -2.29. The topological polar surface area (TPSA) is 138 Å². The van der Waals surface area contributed by atoms with Gasteiger partial charge in [0, 0.05) is 24.4 Å². The Morgan fingerprint density at radius 2 is 1.57 bits per heavy atom. The Morgan fingerprint density at radius 1 is 0.919 bits per heavy atom. The lowest BCUT2D eigenvalue weighted by Gasteiger charge is -2.22. The number of hydrogen-bond acceptors (Lipinski definition) is 6. The highest BCUT2D eigenvalue weighted by Crippen LogP contribution is 2.32. The largest absolute Gasteiger partial charge is 0.744 e. The third kappa shape index (κ3) is 7.02. The maximum absolute atomic E-state index is 11.7. The summed E-state index contributed by atoms with van der Waals surface area (Å²) < 4.78 is 36.8. The summed E-state index contributed by atoms with van der Waals surface area (Å²) in [7, 11) is -4.68. The van der Waals surface area contributed by atoms with Gasteiger partial charge in [-0.05, 0) is 72.5 Å². The van der Waals surface area contributed by atoms with Crippen molar-refractivity contribution in [1.82, 2.24) is 0 Å². The predicted octanol–water partition coefficient (Wildman–Crippen LogP) is 2.99. The number of anilines is 1. The van der Waals surface area contributed by atoms with Crippen LogP contribution >= 0.6 is 0 Å². The molecule has 0 atom stereocenters. The van der Waals surface area contributed by atoms with Gasteiger partial charge < -0.3 is 19.7 Å². The molecule has 1 aliphatic carbocycles. The van der Waals surface area contributed by atoms with Crippen LogP contribution in [0.4, 0.5) is 5.69 Å². The second kappa shape index (κ2) is 11.8. The summed E-state index contributed by atoms with van der Waals surface area (Å²) in [5.41, 5.74) is 4.04. The minimum Gasteiger partial charge on any atom is -0.744 e. The third-order valence-electron chi connectivity index (χ3n) is 5.87. The van der Waals surface area contributed by atoms with Crippen molar-refractivity contribution in [3.63, 3.8) is 0 Å². The summed E-state index contributed by atoms with van der Waals surface area (Å²) in [5.74, 6) is -1.89. The van der Waals surface area contributed by atoms with Gasteiger partial charge in [-0.25, -0.2) is 17.8 Å². The number of benzene rings is 2. The van der Waals surface area contributed by atoms with Gasteiger partial charge in [-0.1, -0.05) is 24.3 Å². The van der Waals surface area contributed by atoms with Crippen LogP contribution in [0.25, 0.3) is 5.57 Å². The summed E-state index contributed by atoms with van der Waals surface area (Å²) in [5, 5.41) is 18.4. The smallest absolute Gasteiger partial charge is 0.369 e. The molecule has 2 aromatic carbocycles. The Labute approximate surface area is 215 Å². The normalized spacial score (nSPS) is 12.9. The summed E-state index contributed by atoms with van der Waals surface area (Å²) >= 11 is 0. The van der Waals surface area contributed by atoms with Crippen LogP contribution in [0.2, 0.25) is 0 Å². The number of allylic oxidation sites excluding steroid dienone is 5. The average molecular weight is 525 g/mol. The first kappa shape index (κ1) is 27.6. The van der Waals surface area contributed by atoms with Crippen molar-refractivity contribution in [2.45, 2.75) is 18.7 Å². The molecule has 1 aliphatic rings.